The zero-order valence-corrected chi connectivity index (χ0v) is 18.2. The predicted molar refractivity (Wildman–Crippen MR) is 118 cm³/mol. The van der Waals surface area contributed by atoms with Crippen LogP contribution in [0.1, 0.15) is 36.9 Å². The Morgan fingerprint density at radius 1 is 1.29 bits per heavy atom. The molecule has 31 heavy (non-hydrogen) atoms. The summed E-state index contributed by atoms with van der Waals surface area (Å²) in [7, 11) is 1.67. The van der Waals surface area contributed by atoms with Crippen LogP contribution in [0.3, 0.4) is 0 Å². The number of amides is 2. The van der Waals surface area contributed by atoms with Gasteiger partial charge >= 0.3 is 0 Å². The van der Waals surface area contributed by atoms with Gasteiger partial charge in [0.15, 0.2) is 0 Å². The Labute approximate surface area is 184 Å². The van der Waals surface area contributed by atoms with E-state index in [1.54, 1.807) is 32.2 Å². The number of nitrogens with one attached hydrogen (secondary N) is 2. The lowest BCUT2D eigenvalue weighted by Gasteiger charge is -2.33. The molecule has 0 fully saturated rings. The van der Waals surface area contributed by atoms with Crippen LogP contribution in [0.5, 0.6) is 0 Å². The van der Waals surface area contributed by atoms with E-state index in [9.17, 15) is 14.0 Å². The Balaban J connectivity index is 1.63. The summed E-state index contributed by atoms with van der Waals surface area (Å²) < 4.78 is 14.7. The molecule has 8 heteroatoms. The number of fused-ring (bicyclic) bond motifs is 1. The summed E-state index contributed by atoms with van der Waals surface area (Å²) in [6.07, 6.45) is 0.133. The first-order chi connectivity index (χ1) is 14.7. The molecule has 0 aliphatic carbocycles. The first kappa shape index (κ1) is 21.1. The van der Waals surface area contributed by atoms with Gasteiger partial charge in [0.2, 0.25) is 11.8 Å². The van der Waals surface area contributed by atoms with Gasteiger partial charge in [-0.1, -0.05) is 17.7 Å². The second kappa shape index (κ2) is 8.15. The van der Waals surface area contributed by atoms with Crippen molar-refractivity contribution in [3.63, 3.8) is 0 Å². The molecule has 1 unspecified atom stereocenters. The predicted octanol–water partition coefficient (Wildman–Crippen LogP) is 4.91. The molecule has 0 spiro atoms. The van der Waals surface area contributed by atoms with E-state index < -0.39 is 11.7 Å². The van der Waals surface area contributed by atoms with Crippen LogP contribution in [0.4, 0.5) is 10.1 Å². The monoisotopic (exact) mass is 440 g/mol. The third-order valence-electron chi connectivity index (χ3n) is 5.86. The molecule has 0 radical (unpaired) electrons. The van der Waals surface area contributed by atoms with Crippen LogP contribution in [0, 0.1) is 12.7 Å². The summed E-state index contributed by atoms with van der Waals surface area (Å²) in [5.41, 5.74) is 4.11. The van der Waals surface area contributed by atoms with E-state index in [1.807, 2.05) is 19.1 Å². The largest absolute Gasteiger partial charge is 0.326 e. The van der Waals surface area contributed by atoms with Gasteiger partial charge in [-0.3, -0.25) is 14.7 Å². The third kappa shape index (κ3) is 4.05. The van der Waals surface area contributed by atoms with Crippen molar-refractivity contribution in [1.29, 1.82) is 0 Å². The lowest BCUT2D eigenvalue weighted by Crippen LogP contribution is -2.34. The standard InChI is InChI=1S/C23H22ClFN4O2/c1-12-17-9-15(5-7-21(17)28-27-12)26-22(30)10-18-13(2)29(3)23(31)11-19(18)16-6-4-14(24)8-20(16)25/h4-9,19H,10-11H2,1-3H3,(H,26,30)(H,27,28). The number of H-pyrrole nitrogens is 1. The number of anilines is 1. The van der Waals surface area contributed by atoms with Crippen molar-refractivity contribution >= 4 is 40.0 Å². The van der Waals surface area contributed by atoms with E-state index in [0.717, 1.165) is 16.6 Å². The fraction of sp³-hybridized carbons (Fsp3) is 0.261. The number of aromatic nitrogens is 2. The number of hydrogen-bond acceptors (Lipinski definition) is 3. The van der Waals surface area contributed by atoms with Crippen LogP contribution in [-0.2, 0) is 9.59 Å². The minimum atomic E-state index is -0.523. The van der Waals surface area contributed by atoms with E-state index in [0.29, 0.717) is 22.5 Å². The maximum atomic E-state index is 14.7. The Hall–Kier alpha value is -3.19. The fourth-order valence-electron chi connectivity index (χ4n) is 4.02. The number of carbonyl (C=O) groups excluding carboxylic acids is 2. The molecule has 0 saturated carbocycles. The van der Waals surface area contributed by atoms with Crippen LogP contribution in [0.15, 0.2) is 47.7 Å². The van der Waals surface area contributed by atoms with Gasteiger partial charge in [0.1, 0.15) is 5.82 Å². The summed E-state index contributed by atoms with van der Waals surface area (Å²) >= 11 is 5.89. The first-order valence-corrected chi connectivity index (χ1v) is 10.3. The van der Waals surface area contributed by atoms with Gasteiger partial charge in [0.25, 0.3) is 0 Å². The van der Waals surface area contributed by atoms with E-state index >= 15 is 0 Å². The number of rotatable bonds is 4. The summed E-state index contributed by atoms with van der Waals surface area (Å²) in [4.78, 5) is 26.9. The molecule has 0 bridgehead atoms. The number of nitrogens with zero attached hydrogens (tertiary/aromatic N) is 2. The lowest BCUT2D eigenvalue weighted by molar-refractivity contribution is -0.129. The van der Waals surface area contributed by atoms with Gasteiger partial charge in [-0.2, -0.15) is 5.10 Å². The number of halogens is 2. The van der Waals surface area contributed by atoms with Gasteiger partial charge < -0.3 is 10.2 Å². The molecular weight excluding hydrogens is 419 g/mol. The molecule has 160 valence electrons. The molecular formula is C23H22ClFN4O2. The normalized spacial score (nSPS) is 16.9. The van der Waals surface area contributed by atoms with Crippen molar-refractivity contribution in [3.05, 3.63) is 69.8 Å². The van der Waals surface area contributed by atoms with E-state index in [4.69, 9.17) is 11.6 Å². The Morgan fingerprint density at radius 2 is 2.06 bits per heavy atom. The van der Waals surface area contributed by atoms with Crippen molar-refractivity contribution in [2.24, 2.45) is 0 Å². The summed E-state index contributed by atoms with van der Waals surface area (Å²) in [5.74, 6) is -1.37. The average Bonchev–Trinajstić information content (AvgIpc) is 3.09. The molecule has 2 N–H and O–H groups in total. The molecule has 6 nitrogen and oxygen atoms in total. The Morgan fingerprint density at radius 3 is 2.81 bits per heavy atom. The van der Waals surface area contributed by atoms with Gasteiger partial charge in [0.05, 0.1) is 11.9 Å². The molecule has 2 aromatic carbocycles. The smallest absolute Gasteiger partial charge is 0.228 e. The number of aromatic amines is 1. The van der Waals surface area contributed by atoms with Gasteiger partial charge in [0, 0.05) is 46.9 Å². The van der Waals surface area contributed by atoms with Gasteiger partial charge in [-0.15, -0.1) is 0 Å². The van der Waals surface area contributed by atoms with Crippen LogP contribution >= 0.6 is 11.6 Å². The second-order valence-electron chi connectivity index (χ2n) is 7.79. The first-order valence-electron chi connectivity index (χ1n) is 9.90. The van der Waals surface area contributed by atoms with Crippen molar-refractivity contribution in [1.82, 2.24) is 15.1 Å². The molecule has 3 aromatic rings. The Kier molecular flexibility index (Phi) is 5.54. The quantitative estimate of drug-likeness (QED) is 0.604. The van der Waals surface area contributed by atoms with Crippen LogP contribution in [0.2, 0.25) is 5.02 Å². The topological polar surface area (TPSA) is 78.1 Å². The zero-order chi connectivity index (χ0) is 22.3. The number of hydrogen-bond donors (Lipinski definition) is 2. The van der Waals surface area contributed by atoms with Gasteiger partial charge in [-0.05, 0) is 55.3 Å². The molecule has 4 rings (SSSR count). The summed E-state index contributed by atoms with van der Waals surface area (Å²) in [5, 5.41) is 11.2. The number of aryl methyl sites for hydroxylation is 1. The molecule has 2 amide bonds. The highest BCUT2D eigenvalue weighted by Crippen LogP contribution is 2.39. The van der Waals surface area contributed by atoms with E-state index in [1.165, 1.54) is 11.0 Å². The van der Waals surface area contributed by atoms with E-state index in [2.05, 4.69) is 15.5 Å². The summed E-state index contributed by atoms with van der Waals surface area (Å²) in [6.45, 7) is 3.69. The molecule has 1 aromatic heterocycles. The zero-order valence-electron chi connectivity index (χ0n) is 17.4. The minimum absolute atomic E-state index is 0.0403. The molecule has 1 aliphatic heterocycles. The maximum absolute atomic E-state index is 14.7. The van der Waals surface area contributed by atoms with Gasteiger partial charge in [-0.25, -0.2) is 4.39 Å². The summed E-state index contributed by atoms with van der Waals surface area (Å²) in [6, 6.07) is 9.89. The van der Waals surface area contributed by atoms with Crippen LogP contribution in [-0.4, -0.2) is 34.0 Å². The highest BCUT2D eigenvalue weighted by molar-refractivity contribution is 6.30. The highest BCUT2D eigenvalue weighted by atomic mass is 35.5. The molecule has 1 atom stereocenters. The number of allylic oxidation sites excluding steroid dienone is 1. The lowest BCUT2D eigenvalue weighted by atomic mass is 9.82. The molecule has 2 heterocycles. The minimum Gasteiger partial charge on any atom is -0.326 e. The highest BCUT2D eigenvalue weighted by Gasteiger charge is 2.33. The van der Waals surface area contributed by atoms with Crippen molar-refractivity contribution < 1.29 is 14.0 Å². The van der Waals surface area contributed by atoms with Crippen molar-refractivity contribution in [2.75, 3.05) is 12.4 Å². The maximum Gasteiger partial charge on any atom is 0.228 e. The second-order valence-corrected chi connectivity index (χ2v) is 8.23. The SMILES string of the molecule is CC1=C(CC(=O)Nc2ccc3n[nH]c(C)c3c2)C(c2ccc(Cl)cc2F)CC(=O)N1C. The van der Waals surface area contributed by atoms with Crippen molar-refractivity contribution in [2.45, 2.75) is 32.6 Å². The van der Waals surface area contributed by atoms with E-state index in [-0.39, 0.29) is 29.7 Å². The van der Waals surface area contributed by atoms with Crippen molar-refractivity contribution in [3.8, 4) is 0 Å². The number of benzene rings is 2. The van der Waals surface area contributed by atoms with Crippen LogP contribution in [0.25, 0.3) is 10.9 Å². The Bertz CT molecular complexity index is 1230. The fourth-order valence-corrected chi connectivity index (χ4v) is 4.18. The molecule has 0 saturated heterocycles. The number of carbonyl (C=O) groups is 2. The third-order valence-corrected chi connectivity index (χ3v) is 6.09. The average molecular weight is 441 g/mol. The molecule has 1 aliphatic rings. The van der Waals surface area contributed by atoms with Crippen LogP contribution < -0.4 is 5.32 Å².